The van der Waals surface area contributed by atoms with Gasteiger partial charge in [0.2, 0.25) is 0 Å². The summed E-state index contributed by atoms with van der Waals surface area (Å²) in [6.07, 6.45) is 5.11. The first-order valence-electron chi connectivity index (χ1n) is 8.35. The molecule has 2 aliphatic carbocycles. The van der Waals surface area contributed by atoms with Crippen LogP contribution in [0.2, 0.25) is 0 Å². The van der Waals surface area contributed by atoms with E-state index in [4.69, 9.17) is 8.37 Å². The van der Waals surface area contributed by atoms with Gasteiger partial charge in [-0.25, -0.2) is 8.37 Å². The molecule has 124 valence electrons. The van der Waals surface area contributed by atoms with E-state index in [-0.39, 0.29) is 63.6 Å². The van der Waals surface area contributed by atoms with E-state index in [0.717, 1.165) is 38.5 Å². The summed E-state index contributed by atoms with van der Waals surface area (Å²) >= 11 is 0. The Balaban J connectivity index is 0.00000242. The third kappa shape index (κ3) is 7.17. The summed E-state index contributed by atoms with van der Waals surface area (Å²) in [6.45, 7) is 8.63. The molecule has 0 heterocycles. The molecular weight excluding hydrogens is 327 g/mol. The van der Waals surface area contributed by atoms with Crippen molar-refractivity contribution in [1.82, 2.24) is 0 Å². The SMILES string of the molecule is CC1CC(C)CC(OS(=O)(=O)OC2CC(C)CC(C)C2)C1.[K+]. The van der Waals surface area contributed by atoms with Crippen molar-refractivity contribution in [2.75, 3.05) is 0 Å². The van der Waals surface area contributed by atoms with E-state index in [2.05, 4.69) is 27.7 Å². The smallest absolute Gasteiger partial charge is 0.245 e. The van der Waals surface area contributed by atoms with Crippen LogP contribution in [0.25, 0.3) is 0 Å². The Bertz CT molecular complexity index is 385. The molecule has 2 rings (SSSR count). The molecule has 22 heavy (non-hydrogen) atoms. The Labute approximate surface area is 178 Å². The molecule has 0 aromatic rings. The average Bonchev–Trinajstić information content (AvgIpc) is 2.23. The van der Waals surface area contributed by atoms with Gasteiger partial charge in [-0.05, 0) is 62.2 Å². The van der Waals surface area contributed by atoms with Gasteiger partial charge in [-0.3, -0.25) is 0 Å². The van der Waals surface area contributed by atoms with Crippen molar-refractivity contribution in [3.05, 3.63) is 0 Å². The van der Waals surface area contributed by atoms with E-state index in [1.807, 2.05) is 0 Å². The largest absolute Gasteiger partial charge is 1.00 e. The molecule has 0 amide bonds. The minimum absolute atomic E-state index is 0. The molecule has 4 unspecified atom stereocenters. The van der Waals surface area contributed by atoms with E-state index in [9.17, 15) is 8.42 Å². The van der Waals surface area contributed by atoms with Crippen molar-refractivity contribution in [2.45, 2.75) is 78.4 Å². The van der Waals surface area contributed by atoms with Crippen molar-refractivity contribution in [2.24, 2.45) is 23.7 Å². The van der Waals surface area contributed by atoms with Gasteiger partial charge < -0.3 is 0 Å². The Hall–Kier alpha value is 1.51. The maximum Gasteiger partial charge on any atom is 1.00 e. The molecule has 0 radical (unpaired) electrons. The maximum absolute atomic E-state index is 12.1. The molecule has 0 saturated heterocycles. The summed E-state index contributed by atoms with van der Waals surface area (Å²) < 4.78 is 35.0. The summed E-state index contributed by atoms with van der Waals surface area (Å²) in [5.74, 6) is 2.07. The standard InChI is InChI=1S/C16H30O4S.K/c1-11-5-12(2)8-15(7-11)19-21(17,18)20-16-9-13(3)6-14(4)10-16;/h11-16H,5-10H2,1-4H3;/q;+1. The van der Waals surface area contributed by atoms with Crippen LogP contribution in [0.4, 0.5) is 0 Å². The molecule has 0 spiro atoms. The van der Waals surface area contributed by atoms with Gasteiger partial charge in [0.1, 0.15) is 0 Å². The van der Waals surface area contributed by atoms with Gasteiger partial charge in [0.15, 0.2) is 0 Å². The van der Waals surface area contributed by atoms with Crippen molar-refractivity contribution in [3.8, 4) is 0 Å². The van der Waals surface area contributed by atoms with E-state index >= 15 is 0 Å². The normalized spacial score (nSPS) is 40.0. The Morgan fingerprint density at radius 3 is 1.18 bits per heavy atom. The van der Waals surface area contributed by atoms with Crippen LogP contribution in [0.5, 0.6) is 0 Å². The van der Waals surface area contributed by atoms with Crippen molar-refractivity contribution >= 4 is 10.4 Å². The van der Waals surface area contributed by atoms with Crippen LogP contribution in [0.15, 0.2) is 0 Å². The molecule has 2 aliphatic rings. The van der Waals surface area contributed by atoms with Crippen molar-refractivity contribution in [3.63, 3.8) is 0 Å². The van der Waals surface area contributed by atoms with Gasteiger partial charge in [-0.15, -0.1) is 0 Å². The summed E-state index contributed by atoms with van der Waals surface area (Å²) in [6, 6.07) is 0. The number of hydrogen-bond donors (Lipinski definition) is 0. The van der Waals surface area contributed by atoms with Gasteiger partial charge in [0.05, 0.1) is 12.2 Å². The van der Waals surface area contributed by atoms with Gasteiger partial charge in [0.25, 0.3) is 0 Å². The molecule has 0 aliphatic heterocycles. The molecule has 4 atom stereocenters. The predicted molar refractivity (Wildman–Crippen MR) is 83.0 cm³/mol. The summed E-state index contributed by atoms with van der Waals surface area (Å²) in [7, 11) is -3.87. The fraction of sp³-hybridized carbons (Fsp3) is 1.00. The summed E-state index contributed by atoms with van der Waals surface area (Å²) in [5.41, 5.74) is 0. The molecule has 0 bridgehead atoms. The zero-order chi connectivity index (χ0) is 15.6. The molecule has 2 fully saturated rings. The Morgan fingerprint density at radius 2 is 0.909 bits per heavy atom. The summed E-state index contributed by atoms with van der Waals surface area (Å²) in [4.78, 5) is 0. The van der Waals surface area contributed by atoms with Crippen LogP contribution < -0.4 is 51.4 Å². The second kappa shape index (κ2) is 9.27. The van der Waals surface area contributed by atoms with Crippen LogP contribution in [0.1, 0.15) is 66.2 Å². The molecular formula is C16H30KO4S+. The van der Waals surface area contributed by atoms with E-state index in [0.29, 0.717) is 23.7 Å². The summed E-state index contributed by atoms with van der Waals surface area (Å²) in [5, 5.41) is 0. The molecule has 2 saturated carbocycles. The Morgan fingerprint density at radius 1 is 0.636 bits per heavy atom. The maximum atomic E-state index is 12.1. The first kappa shape index (κ1) is 21.5. The van der Waals surface area contributed by atoms with E-state index in [1.54, 1.807) is 0 Å². The topological polar surface area (TPSA) is 52.6 Å². The molecule has 0 aromatic heterocycles. The minimum atomic E-state index is -3.87. The molecule has 0 N–H and O–H groups in total. The molecule has 0 aromatic carbocycles. The fourth-order valence-electron chi connectivity index (χ4n) is 4.26. The molecule has 4 nitrogen and oxygen atoms in total. The quantitative estimate of drug-likeness (QED) is 0.702. The van der Waals surface area contributed by atoms with Crippen LogP contribution >= 0.6 is 0 Å². The number of hydrogen-bond acceptors (Lipinski definition) is 4. The molecule has 6 heteroatoms. The average molecular weight is 358 g/mol. The van der Waals surface area contributed by atoms with Gasteiger partial charge >= 0.3 is 61.8 Å². The van der Waals surface area contributed by atoms with Crippen LogP contribution in [-0.4, -0.2) is 20.6 Å². The second-order valence-corrected chi connectivity index (χ2v) is 8.88. The first-order chi connectivity index (χ1) is 9.73. The monoisotopic (exact) mass is 357 g/mol. The van der Waals surface area contributed by atoms with Crippen LogP contribution in [-0.2, 0) is 18.8 Å². The van der Waals surface area contributed by atoms with Gasteiger partial charge in [0, 0.05) is 0 Å². The van der Waals surface area contributed by atoms with Gasteiger partial charge in [-0.2, -0.15) is 8.42 Å². The first-order valence-corrected chi connectivity index (χ1v) is 9.68. The van der Waals surface area contributed by atoms with Crippen LogP contribution in [0.3, 0.4) is 0 Å². The van der Waals surface area contributed by atoms with Crippen molar-refractivity contribution < 1.29 is 68.2 Å². The van der Waals surface area contributed by atoms with Crippen LogP contribution in [0, 0.1) is 23.7 Å². The van der Waals surface area contributed by atoms with E-state index < -0.39 is 10.4 Å². The van der Waals surface area contributed by atoms with E-state index in [1.165, 1.54) is 0 Å². The van der Waals surface area contributed by atoms with Gasteiger partial charge in [-0.1, -0.05) is 27.7 Å². The third-order valence-electron chi connectivity index (χ3n) is 4.78. The third-order valence-corrected chi connectivity index (χ3v) is 5.79. The zero-order valence-corrected chi connectivity index (χ0v) is 18.7. The van der Waals surface area contributed by atoms with Crippen molar-refractivity contribution in [1.29, 1.82) is 0 Å². The Kier molecular flexibility index (Phi) is 9.08. The number of rotatable bonds is 4. The zero-order valence-electron chi connectivity index (χ0n) is 14.7. The second-order valence-electron chi connectivity index (χ2n) is 7.68. The predicted octanol–water partition coefficient (Wildman–Crippen LogP) is 0.918. The minimum Gasteiger partial charge on any atom is -0.245 e. The fourth-order valence-corrected chi connectivity index (χ4v) is 5.29.